The predicted octanol–water partition coefficient (Wildman–Crippen LogP) is 2.31. The fourth-order valence-electron chi connectivity index (χ4n) is 1.25. The maximum absolute atomic E-state index is 11.4. The summed E-state index contributed by atoms with van der Waals surface area (Å²) < 4.78 is 5.33. The van der Waals surface area contributed by atoms with Crippen LogP contribution < -0.4 is 0 Å². The van der Waals surface area contributed by atoms with Crippen LogP contribution in [0.3, 0.4) is 0 Å². The highest BCUT2D eigenvalue weighted by atomic mass is 16.5. The Labute approximate surface area is 93.8 Å². The molecule has 90 valence electrons. The lowest BCUT2D eigenvalue weighted by Gasteiger charge is -2.19. The van der Waals surface area contributed by atoms with Crippen LogP contribution in [0.5, 0.6) is 0 Å². The number of hydrogen-bond donors (Lipinski definition) is 0. The second kappa shape index (κ2) is 7.69. The highest BCUT2D eigenvalue weighted by molar-refractivity contribution is 5.69. The number of carbonyl (C=O) groups excluding carboxylic acids is 1. The van der Waals surface area contributed by atoms with Gasteiger partial charge in [0, 0.05) is 6.42 Å². The summed E-state index contributed by atoms with van der Waals surface area (Å²) in [6.45, 7) is 7.13. The first-order valence-corrected chi connectivity index (χ1v) is 5.81. The molecule has 0 aliphatic carbocycles. The quantitative estimate of drug-likeness (QED) is 0.610. The van der Waals surface area contributed by atoms with Gasteiger partial charge in [0.2, 0.25) is 0 Å². The van der Waals surface area contributed by atoms with Crippen molar-refractivity contribution in [3.05, 3.63) is 0 Å². The maximum atomic E-state index is 11.4. The third kappa shape index (κ3) is 7.37. The topological polar surface area (TPSA) is 29.5 Å². The largest absolute Gasteiger partial charge is 0.462 e. The number of esters is 1. The van der Waals surface area contributed by atoms with Gasteiger partial charge in [-0.05, 0) is 39.9 Å². The van der Waals surface area contributed by atoms with Gasteiger partial charge in [-0.2, -0.15) is 0 Å². The highest BCUT2D eigenvalue weighted by Gasteiger charge is 2.14. The minimum atomic E-state index is -0.0651. The van der Waals surface area contributed by atoms with E-state index in [-0.39, 0.29) is 12.1 Å². The SMILES string of the molecule is CCC(C)C(C)OC(=O)CCCN(C)C. The van der Waals surface area contributed by atoms with Crippen LogP contribution >= 0.6 is 0 Å². The zero-order chi connectivity index (χ0) is 11.8. The Morgan fingerprint density at radius 1 is 1.33 bits per heavy atom. The van der Waals surface area contributed by atoms with E-state index in [2.05, 4.69) is 18.7 Å². The van der Waals surface area contributed by atoms with Crippen molar-refractivity contribution in [3.8, 4) is 0 Å². The molecule has 0 saturated heterocycles. The number of hydrogen-bond acceptors (Lipinski definition) is 3. The number of nitrogens with zero attached hydrogens (tertiary/aromatic N) is 1. The number of rotatable bonds is 7. The van der Waals surface area contributed by atoms with Crippen LogP contribution in [0.25, 0.3) is 0 Å². The Morgan fingerprint density at radius 2 is 1.93 bits per heavy atom. The normalized spacial score (nSPS) is 15.1. The molecular formula is C12H25NO2. The average molecular weight is 215 g/mol. The molecule has 0 aromatic rings. The second-order valence-electron chi connectivity index (χ2n) is 4.49. The van der Waals surface area contributed by atoms with Crippen molar-refractivity contribution in [2.24, 2.45) is 5.92 Å². The van der Waals surface area contributed by atoms with Crippen molar-refractivity contribution in [1.82, 2.24) is 4.90 Å². The molecule has 0 spiro atoms. The van der Waals surface area contributed by atoms with Crippen LogP contribution in [0, 0.1) is 5.92 Å². The molecule has 0 saturated carbocycles. The first-order chi connectivity index (χ1) is 6.97. The van der Waals surface area contributed by atoms with Crippen molar-refractivity contribution in [2.75, 3.05) is 20.6 Å². The van der Waals surface area contributed by atoms with Gasteiger partial charge in [0.05, 0.1) is 0 Å². The third-order valence-corrected chi connectivity index (χ3v) is 2.75. The Hall–Kier alpha value is -0.570. The van der Waals surface area contributed by atoms with Gasteiger partial charge in [0.15, 0.2) is 0 Å². The first-order valence-electron chi connectivity index (χ1n) is 5.81. The van der Waals surface area contributed by atoms with Crippen molar-refractivity contribution in [3.63, 3.8) is 0 Å². The molecule has 0 aliphatic heterocycles. The molecule has 15 heavy (non-hydrogen) atoms. The first kappa shape index (κ1) is 14.4. The van der Waals surface area contributed by atoms with E-state index in [1.54, 1.807) is 0 Å². The molecule has 0 fully saturated rings. The van der Waals surface area contributed by atoms with Crippen molar-refractivity contribution < 1.29 is 9.53 Å². The smallest absolute Gasteiger partial charge is 0.306 e. The number of ether oxygens (including phenoxy) is 1. The Morgan fingerprint density at radius 3 is 2.40 bits per heavy atom. The van der Waals surface area contributed by atoms with Gasteiger partial charge in [-0.1, -0.05) is 20.3 Å². The summed E-state index contributed by atoms with van der Waals surface area (Å²) in [7, 11) is 4.01. The van der Waals surface area contributed by atoms with E-state index in [1.807, 2.05) is 21.0 Å². The van der Waals surface area contributed by atoms with Crippen LogP contribution in [0.4, 0.5) is 0 Å². The Balaban J connectivity index is 3.64. The van der Waals surface area contributed by atoms with E-state index in [0.717, 1.165) is 19.4 Å². The summed E-state index contributed by atoms with van der Waals surface area (Å²) in [6, 6.07) is 0. The predicted molar refractivity (Wildman–Crippen MR) is 62.8 cm³/mol. The second-order valence-corrected chi connectivity index (χ2v) is 4.49. The molecule has 0 aliphatic rings. The summed E-state index contributed by atoms with van der Waals surface area (Å²) in [5.41, 5.74) is 0. The number of carbonyl (C=O) groups is 1. The van der Waals surface area contributed by atoms with E-state index in [9.17, 15) is 4.79 Å². The van der Waals surface area contributed by atoms with Gasteiger partial charge in [0.25, 0.3) is 0 Å². The van der Waals surface area contributed by atoms with E-state index < -0.39 is 0 Å². The summed E-state index contributed by atoms with van der Waals surface area (Å²) in [4.78, 5) is 13.5. The zero-order valence-electron chi connectivity index (χ0n) is 10.7. The van der Waals surface area contributed by atoms with Crippen molar-refractivity contribution in [1.29, 1.82) is 0 Å². The van der Waals surface area contributed by atoms with E-state index >= 15 is 0 Å². The molecule has 0 heterocycles. The van der Waals surface area contributed by atoms with Gasteiger partial charge < -0.3 is 9.64 Å². The highest BCUT2D eigenvalue weighted by Crippen LogP contribution is 2.11. The summed E-state index contributed by atoms with van der Waals surface area (Å²) in [5.74, 6) is 0.382. The van der Waals surface area contributed by atoms with Crippen LogP contribution in [0.1, 0.15) is 40.0 Å². The minimum absolute atomic E-state index is 0.0434. The molecule has 3 nitrogen and oxygen atoms in total. The molecular weight excluding hydrogens is 190 g/mol. The molecule has 0 N–H and O–H groups in total. The van der Waals surface area contributed by atoms with Gasteiger partial charge in [-0.3, -0.25) is 4.79 Å². The Kier molecular flexibility index (Phi) is 7.39. The van der Waals surface area contributed by atoms with Crippen molar-refractivity contribution in [2.45, 2.75) is 46.1 Å². The summed E-state index contributed by atoms with van der Waals surface area (Å²) in [6.07, 6.45) is 2.49. The summed E-state index contributed by atoms with van der Waals surface area (Å²) >= 11 is 0. The van der Waals surface area contributed by atoms with Crippen LogP contribution in [-0.2, 0) is 9.53 Å². The third-order valence-electron chi connectivity index (χ3n) is 2.75. The minimum Gasteiger partial charge on any atom is -0.462 e. The van der Waals surface area contributed by atoms with Gasteiger partial charge >= 0.3 is 5.97 Å². The lowest BCUT2D eigenvalue weighted by atomic mass is 10.0. The molecule has 0 aromatic heterocycles. The average Bonchev–Trinajstić information content (AvgIpc) is 2.15. The monoisotopic (exact) mass is 215 g/mol. The van der Waals surface area contributed by atoms with Crippen LogP contribution in [0.2, 0.25) is 0 Å². The molecule has 0 amide bonds. The molecule has 3 heteroatoms. The standard InChI is InChI=1S/C12H25NO2/c1-6-10(2)11(3)15-12(14)8-7-9-13(4)5/h10-11H,6-9H2,1-5H3. The van der Waals surface area contributed by atoms with Gasteiger partial charge in [-0.15, -0.1) is 0 Å². The maximum Gasteiger partial charge on any atom is 0.306 e. The lowest BCUT2D eigenvalue weighted by Crippen LogP contribution is -2.22. The molecule has 0 radical (unpaired) electrons. The van der Waals surface area contributed by atoms with E-state index in [1.165, 1.54) is 0 Å². The van der Waals surface area contributed by atoms with Gasteiger partial charge in [0.1, 0.15) is 6.10 Å². The summed E-state index contributed by atoms with van der Waals surface area (Å²) in [5, 5.41) is 0. The fourth-order valence-corrected chi connectivity index (χ4v) is 1.25. The molecule has 0 aromatic carbocycles. The zero-order valence-corrected chi connectivity index (χ0v) is 10.7. The van der Waals surface area contributed by atoms with E-state index in [0.29, 0.717) is 12.3 Å². The molecule has 0 bridgehead atoms. The van der Waals surface area contributed by atoms with Gasteiger partial charge in [-0.25, -0.2) is 0 Å². The molecule has 2 atom stereocenters. The molecule has 2 unspecified atom stereocenters. The van der Waals surface area contributed by atoms with Crippen LogP contribution in [-0.4, -0.2) is 37.6 Å². The van der Waals surface area contributed by atoms with Crippen molar-refractivity contribution >= 4 is 5.97 Å². The molecule has 0 rings (SSSR count). The Bertz CT molecular complexity index is 180. The van der Waals surface area contributed by atoms with E-state index in [4.69, 9.17) is 4.74 Å². The van der Waals surface area contributed by atoms with Crippen LogP contribution in [0.15, 0.2) is 0 Å². The fraction of sp³-hybridized carbons (Fsp3) is 0.917. The lowest BCUT2D eigenvalue weighted by molar-refractivity contribution is -0.150.